The molecule has 0 aromatic heterocycles. The van der Waals surface area contributed by atoms with E-state index in [9.17, 15) is 5.11 Å². The second kappa shape index (κ2) is 9.44. The van der Waals surface area contributed by atoms with E-state index in [1.54, 1.807) is 0 Å². The molecule has 0 heterocycles. The van der Waals surface area contributed by atoms with Gasteiger partial charge in [0.2, 0.25) is 0 Å². The maximum atomic E-state index is 10.3. The third-order valence-corrected chi connectivity index (χ3v) is 4.44. The first-order valence-corrected chi connectivity index (χ1v) is 9.14. The number of ether oxygens (including phenoxy) is 1. The Labute approximate surface area is 140 Å². The summed E-state index contributed by atoms with van der Waals surface area (Å²) in [6.07, 6.45) is 9.82. The minimum Gasteiger partial charge on any atom is -0.507 e. The van der Waals surface area contributed by atoms with Crippen molar-refractivity contribution in [2.45, 2.75) is 65.2 Å². The molecule has 0 saturated heterocycles. The predicted octanol–water partition coefficient (Wildman–Crippen LogP) is 6.24. The van der Waals surface area contributed by atoms with Crippen molar-refractivity contribution < 1.29 is 9.84 Å². The highest BCUT2D eigenvalue weighted by Gasteiger charge is 2.10. The molecule has 23 heavy (non-hydrogen) atoms. The summed E-state index contributed by atoms with van der Waals surface area (Å²) < 4.78 is 6.03. The molecule has 0 radical (unpaired) electrons. The largest absolute Gasteiger partial charge is 0.507 e. The van der Waals surface area contributed by atoms with Gasteiger partial charge < -0.3 is 9.84 Å². The van der Waals surface area contributed by atoms with E-state index in [4.69, 9.17) is 4.74 Å². The fourth-order valence-electron chi connectivity index (χ4n) is 3.01. The van der Waals surface area contributed by atoms with Crippen molar-refractivity contribution in [3.8, 4) is 11.5 Å². The molecule has 2 rings (SSSR count). The van der Waals surface area contributed by atoms with Crippen LogP contribution in [0.1, 0.15) is 64.4 Å². The van der Waals surface area contributed by atoms with Crippen molar-refractivity contribution >= 4 is 10.8 Å². The number of aromatic hydroxyl groups is 1. The lowest BCUT2D eigenvalue weighted by Gasteiger charge is -2.13. The summed E-state index contributed by atoms with van der Waals surface area (Å²) in [6.45, 7) is 5.07. The van der Waals surface area contributed by atoms with Gasteiger partial charge in [0, 0.05) is 10.8 Å². The number of hydrogen-bond acceptors (Lipinski definition) is 2. The highest BCUT2D eigenvalue weighted by molar-refractivity contribution is 5.94. The first-order chi connectivity index (χ1) is 11.3. The van der Waals surface area contributed by atoms with Gasteiger partial charge in [0.15, 0.2) is 0 Å². The average Bonchev–Trinajstić information content (AvgIpc) is 2.59. The van der Waals surface area contributed by atoms with Crippen molar-refractivity contribution in [3.63, 3.8) is 0 Å². The Kier molecular flexibility index (Phi) is 7.25. The minimum absolute atomic E-state index is 0.395. The summed E-state index contributed by atoms with van der Waals surface area (Å²) in [5.74, 6) is 1.30. The first-order valence-electron chi connectivity index (χ1n) is 9.14. The van der Waals surface area contributed by atoms with Crippen LogP contribution in [0.3, 0.4) is 0 Å². The summed E-state index contributed by atoms with van der Waals surface area (Å²) in [5, 5.41) is 12.2. The molecule has 2 aromatic carbocycles. The number of benzene rings is 2. The van der Waals surface area contributed by atoms with Gasteiger partial charge in [-0.1, -0.05) is 76.6 Å². The predicted molar refractivity (Wildman–Crippen MR) is 98.5 cm³/mol. The van der Waals surface area contributed by atoms with Gasteiger partial charge in [0.25, 0.3) is 0 Å². The number of phenols is 1. The van der Waals surface area contributed by atoms with Gasteiger partial charge in [0.05, 0.1) is 6.61 Å². The zero-order valence-electron chi connectivity index (χ0n) is 14.6. The van der Waals surface area contributed by atoms with E-state index in [0.717, 1.165) is 41.5 Å². The molecule has 126 valence electrons. The molecular formula is C21H30O2. The van der Waals surface area contributed by atoms with Crippen molar-refractivity contribution in [3.05, 3.63) is 35.9 Å². The molecule has 0 spiro atoms. The Morgan fingerprint density at radius 1 is 0.870 bits per heavy atom. The van der Waals surface area contributed by atoms with E-state index in [1.807, 2.05) is 30.3 Å². The molecule has 0 unspecified atom stereocenters. The molecule has 2 heteroatoms. The standard InChI is InChI=1S/C21H30O2/c1-3-5-6-7-8-9-12-15-23-20-16-17(4-2)21(22)19-14-11-10-13-18(19)20/h10-11,13-14,16,22H,3-9,12,15H2,1-2H3. The van der Waals surface area contributed by atoms with E-state index in [1.165, 1.54) is 38.5 Å². The maximum absolute atomic E-state index is 10.3. The van der Waals surface area contributed by atoms with Gasteiger partial charge in [-0.2, -0.15) is 0 Å². The Morgan fingerprint density at radius 3 is 2.22 bits per heavy atom. The number of rotatable bonds is 10. The summed E-state index contributed by atoms with van der Waals surface area (Å²) in [7, 11) is 0. The monoisotopic (exact) mass is 314 g/mol. The molecule has 0 saturated carbocycles. The summed E-state index contributed by atoms with van der Waals surface area (Å²) in [5.41, 5.74) is 0.957. The Morgan fingerprint density at radius 2 is 1.52 bits per heavy atom. The second-order valence-electron chi connectivity index (χ2n) is 6.25. The fourth-order valence-corrected chi connectivity index (χ4v) is 3.01. The molecule has 0 amide bonds. The average molecular weight is 314 g/mol. The Balaban J connectivity index is 1.91. The number of fused-ring (bicyclic) bond motifs is 1. The summed E-state index contributed by atoms with van der Waals surface area (Å²) in [4.78, 5) is 0. The van der Waals surface area contributed by atoms with E-state index in [-0.39, 0.29) is 0 Å². The molecule has 2 nitrogen and oxygen atoms in total. The fraction of sp³-hybridized carbons (Fsp3) is 0.524. The normalized spacial score (nSPS) is 11.0. The number of aryl methyl sites for hydroxylation is 1. The van der Waals surface area contributed by atoms with Gasteiger partial charge in [-0.25, -0.2) is 0 Å². The molecule has 0 aliphatic carbocycles. The zero-order valence-corrected chi connectivity index (χ0v) is 14.6. The van der Waals surface area contributed by atoms with Gasteiger partial charge in [-0.3, -0.25) is 0 Å². The molecule has 1 N–H and O–H groups in total. The highest BCUT2D eigenvalue weighted by atomic mass is 16.5. The van der Waals surface area contributed by atoms with Crippen LogP contribution in [0.5, 0.6) is 11.5 Å². The third kappa shape index (κ3) is 4.89. The van der Waals surface area contributed by atoms with E-state index in [2.05, 4.69) is 13.8 Å². The van der Waals surface area contributed by atoms with Crippen LogP contribution in [0, 0.1) is 0 Å². The van der Waals surface area contributed by atoms with Gasteiger partial charge in [0.1, 0.15) is 11.5 Å². The number of unbranched alkanes of at least 4 members (excludes halogenated alkanes) is 6. The lowest BCUT2D eigenvalue weighted by atomic mass is 10.0. The van der Waals surface area contributed by atoms with Crippen LogP contribution in [0.2, 0.25) is 0 Å². The van der Waals surface area contributed by atoms with Gasteiger partial charge >= 0.3 is 0 Å². The molecule has 0 aliphatic heterocycles. The smallest absolute Gasteiger partial charge is 0.127 e. The quantitative estimate of drug-likeness (QED) is 0.526. The Hall–Kier alpha value is -1.70. The zero-order chi connectivity index (χ0) is 16.5. The van der Waals surface area contributed by atoms with Crippen molar-refractivity contribution in [2.24, 2.45) is 0 Å². The topological polar surface area (TPSA) is 29.5 Å². The molecule has 0 bridgehead atoms. The van der Waals surface area contributed by atoms with Crippen molar-refractivity contribution in [2.75, 3.05) is 6.61 Å². The summed E-state index contributed by atoms with van der Waals surface area (Å²) >= 11 is 0. The number of hydrogen-bond donors (Lipinski definition) is 1. The van der Waals surface area contributed by atoms with E-state index >= 15 is 0 Å². The van der Waals surface area contributed by atoms with Crippen molar-refractivity contribution in [1.29, 1.82) is 0 Å². The molecule has 0 atom stereocenters. The summed E-state index contributed by atoms with van der Waals surface area (Å²) in [6, 6.07) is 9.94. The molecule has 0 fully saturated rings. The van der Waals surface area contributed by atoms with Crippen LogP contribution in [0.25, 0.3) is 10.8 Å². The van der Waals surface area contributed by atoms with Gasteiger partial charge in [-0.15, -0.1) is 0 Å². The van der Waals surface area contributed by atoms with Crippen LogP contribution >= 0.6 is 0 Å². The van der Waals surface area contributed by atoms with Crippen molar-refractivity contribution in [1.82, 2.24) is 0 Å². The first kappa shape index (κ1) is 17.7. The lowest BCUT2D eigenvalue weighted by molar-refractivity contribution is 0.307. The van der Waals surface area contributed by atoms with Crippen LogP contribution in [0.15, 0.2) is 30.3 Å². The lowest BCUT2D eigenvalue weighted by Crippen LogP contribution is -1.99. The maximum Gasteiger partial charge on any atom is 0.127 e. The third-order valence-electron chi connectivity index (χ3n) is 4.44. The van der Waals surface area contributed by atoms with Crippen LogP contribution in [-0.2, 0) is 6.42 Å². The molecular weight excluding hydrogens is 284 g/mol. The van der Waals surface area contributed by atoms with E-state index in [0.29, 0.717) is 5.75 Å². The van der Waals surface area contributed by atoms with Gasteiger partial charge in [-0.05, 0) is 24.5 Å². The number of phenolic OH excluding ortho intramolecular Hbond substituents is 1. The molecule has 0 aliphatic rings. The highest BCUT2D eigenvalue weighted by Crippen LogP contribution is 2.36. The van der Waals surface area contributed by atoms with Crippen LogP contribution in [0.4, 0.5) is 0 Å². The van der Waals surface area contributed by atoms with E-state index < -0.39 is 0 Å². The van der Waals surface area contributed by atoms with Crippen LogP contribution < -0.4 is 4.74 Å². The SMILES string of the molecule is CCCCCCCCCOc1cc(CC)c(O)c2ccccc12. The second-order valence-corrected chi connectivity index (χ2v) is 6.25. The molecule has 2 aromatic rings. The minimum atomic E-state index is 0.395. The van der Waals surface area contributed by atoms with Crippen LogP contribution in [-0.4, -0.2) is 11.7 Å². The Bertz CT molecular complexity index is 604.